The van der Waals surface area contributed by atoms with Crippen LogP contribution in [0.15, 0.2) is 18.6 Å². The predicted molar refractivity (Wildman–Crippen MR) is 47.7 cm³/mol. The fourth-order valence-corrected chi connectivity index (χ4v) is 1.29. The van der Waals surface area contributed by atoms with Gasteiger partial charge in [-0.05, 0) is 25.5 Å². The first-order chi connectivity index (χ1) is 6.18. The summed E-state index contributed by atoms with van der Waals surface area (Å²) in [6, 6.07) is 1.83. The molecule has 0 unspecified atom stereocenters. The Balaban J connectivity index is 2.77. The van der Waals surface area contributed by atoms with Gasteiger partial charge in [-0.2, -0.15) is 5.10 Å². The van der Waals surface area contributed by atoms with E-state index in [1.165, 1.54) is 13.3 Å². The molecule has 0 saturated carbocycles. The summed E-state index contributed by atoms with van der Waals surface area (Å²) >= 11 is 0. The lowest BCUT2D eigenvalue weighted by atomic mass is 10.1. The van der Waals surface area contributed by atoms with Gasteiger partial charge in [0.1, 0.15) is 6.33 Å². The number of ketones is 1. The van der Waals surface area contributed by atoms with Crippen LogP contribution in [0.3, 0.4) is 0 Å². The molecular formula is C9H9N3O. The fourth-order valence-electron chi connectivity index (χ4n) is 1.29. The van der Waals surface area contributed by atoms with Gasteiger partial charge in [-0.1, -0.05) is 0 Å². The molecule has 4 heteroatoms. The number of hydrogen-bond donors (Lipinski definition) is 0. The van der Waals surface area contributed by atoms with E-state index in [4.69, 9.17) is 0 Å². The molecule has 2 aromatic heterocycles. The highest BCUT2D eigenvalue weighted by Crippen LogP contribution is 2.09. The normalized spacial score (nSPS) is 10.6. The topological polar surface area (TPSA) is 47.3 Å². The van der Waals surface area contributed by atoms with Gasteiger partial charge in [-0.25, -0.2) is 9.50 Å². The lowest BCUT2D eigenvalue weighted by Crippen LogP contribution is -1.98. The van der Waals surface area contributed by atoms with Crippen LogP contribution < -0.4 is 0 Å². The summed E-state index contributed by atoms with van der Waals surface area (Å²) in [5.74, 6) is 0.0421. The maximum Gasteiger partial charge on any atom is 0.161 e. The van der Waals surface area contributed by atoms with Crippen LogP contribution in [-0.4, -0.2) is 20.4 Å². The Morgan fingerprint density at radius 3 is 3.00 bits per heavy atom. The lowest BCUT2D eigenvalue weighted by molar-refractivity contribution is 0.101. The van der Waals surface area contributed by atoms with Gasteiger partial charge in [-0.15, -0.1) is 0 Å². The van der Waals surface area contributed by atoms with Crippen LogP contribution in [0, 0.1) is 6.92 Å². The summed E-state index contributed by atoms with van der Waals surface area (Å²) in [5.41, 5.74) is 2.42. The molecule has 66 valence electrons. The average Bonchev–Trinajstić information content (AvgIpc) is 2.51. The van der Waals surface area contributed by atoms with E-state index in [0.717, 1.165) is 11.2 Å². The Bertz CT molecular complexity index is 473. The van der Waals surface area contributed by atoms with Gasteiger partial charge in [-0.3, -0.25) is 4.79 Å². The number of aromatic nitrogens is 3. The van der Waals surface area contributed by atoms with Gasteiger partial charge in [0.2, 0.25) is 0 Å². The summed E-state index contributed by atoms with van der Waals surface area (Å²) in [5, 5.41) is 3.98. The van der Waals surface area contributed by atoms with E-state index in [9.17, 15) is 4.79 Å². The van der Waals surface area contributed by atoms with E-state index in [1.807, 2.05) is 13.0 Å². The van der Waals surface area contributed by atoms with Gasteiger partial charge >= 0.3 is 0 Å². The van der Waals surface area contributed by atoms with Crippen molar-refractivity contribution < 1.29 is 4.79 Å². The number of nitrogens with zero attached hydrogens (tertiary/aromatic N) is 3. The van der Waals surface area contributed by atoms with Crippen molar-refractivity contribution in [1.29, 1.82) is 0 Å². The highest BCUT2D eigenvalue weighted by atomic mass is 16.1. The molecule has 2 rings (SSSR count). The van der Waals surface area contributed by atoms with Gasteiger partial charge < -0.3 is 0 Å². The number of carbonyl (C=O) groups is 1. The molecular weight excluding hydrogens is 166 g/mol. The standard InChI is InChI=1S/C9H9N3O/c1-6-3-8(7(2)13)4-12-9(6)10-5-11-12/h3-5H,1-2H3. The van der Waals surface area contributed by atoms with Gasteiger partial charge in [0.05, 0.1) is 0 Å². The minimum absolute atomic E-state index is 0.0421. The third kappa shape index (κ3) is 1.20. The number of carbonyl (C=O) groups excluding carboxylic acids is 1. The predicted octanol–water partition coefficient (Wildman–Crippen LogP) is 1.24. The Morgan fingerprint density at radius 2 is 2.31 bits per heavy atom. The fraction of sp³-hybridized carbons (Fsp3) is 0.222. The van der Waals surface area contributed by atoms with Crippen molar-refractivity contribution in [2.24, 2.45) is 0 Å². The molecule has 0 aromatic carbocycles. The molecule has 2 aromatic rings. The monoisotopic (exact) mass is 175 g/mol. The first kappa shape index (κ1) is 7.91. The third-order valence-electron chi connectivity index (χ3n) is 1.97. The molecule has 0 atom stereocenters. The molecule has 2 heterocycles. The summed E-state index contributed by atoms with van der Waals surface area (Å²) in [6.07, 6.45) is 3.17. The van der Waals surface area contributed by atoms with Crippen LogP contribution in [0.1, 0.15) is 22.8 Å². The quantitative estimate of drug-likeness (QED) is 0.612. The SMILES string of the molecule is CC(=O)c1cc(C)c2ncnn2c1. The van der Waals surface area contributed by atoms with E-state index >= 15 is 0 Å². The smallest absolute Gasteiger partial charge is 0.161 e. The summed E-state index contributed by atoms with van der Waals surface area (Å²) in [6.45, 7) is 3.45. The summed E-state index contributed by atoms with van der Waals surface area (Å²) in [7, 11) is 0. The van der Waals surface area contributed by atoms with Gasteiger partial charge in [0, 0.05) is 11.8 Å². The maximum atomic E-state index is 11.1. The number of fused-ring (bicyclic) bond motifs is 1. The Morgan fingerprint density at radius 1 is 1.54 bits per heavy atom. The van der Waals surface area contributed by atoms with Crippen LogP contribution in [0.5, 0.6) is 0 Å². The molecule has 0 aliphatic carbocycles. The van der Waals surface area contributed by atoms with Crippen molar-refractivity contribution in [3.8, 4) is 0 Å². The largest absolute Gasteiger partial charge is 0.294 e. The molecule has 0 N–H and O–H groups in total. The maximum absolute atomic E-state index is 11.1. The number of hydrogen-bond acceptors (Lipinski definition) is 3. The molecule has 4 nitrogen and oxygen atoms in total. The molecule has 0 saturated heterocycles. The lowest BCUT2D eigenvalue weighted by Gasteiger charge is -1.99. The molecule has 0 bridgehead atoms. The van der Waals surface area contributed by atoms with E-state index in [1.54, 1.807) is 10.7 Å². The number of Topliss-reactive ketones (excluding diaryl/α,β-unsaturated/α-hetero) is 1. The van der Waals surface area contributed by atoms with E-state index in [0.29, 0.717) is 5.56 Å². The molecule has 0 amide bonds. The zero-order chi connectivity index (χ0) is 9.42. The number of aryl methyl sites for hydroxylation is 1. The van der Waals surface area contributed by atoms with Crippen molar-refractivity contribution in [3.63, 3.8) is 0 Å². The Labute approximate surface area is 75.2 Å². The van der Waals surface area contributed by atoms with Gasteiger partial charge in [0.25, 0.3) is 0 Å². The molecule has 0 fully saturated rings. The highest BCUT2D eigenvalue weighted by Gasteiger charge is 2.05. The van der Waals surface area contributed by atoms with Gasteiger partial charge in [0.15, 0.2) is 11.4 Å². The second kappa shape index (κ2) is 2.65. The number of rotatable bonds is 1. The Kier molecular flexibility index (Phi) is 1.62. The highest BCUT2D eigenvalue weighted by molar-refractivity contribution is 5.94. The molecule has 13 heavy (non-hydrogen) atoms. The van der Waals surface area contributed by atoms with Crippen molar-refractivity contribution >= 4 is 11.4 Å². The zero-order valence-electron chi connectivity index (χ0n) is 7.48. The van der Waals surface area contributed by atoms with Crippen molar-refractivity contribution in [2.45, 2.75) is 13.8 Å². The Hall–Kier alpha value is -1.71. The second-order valence-electron chi connectivity index (χ2n) is 3.00. The van der Waals surface area contributed by atoms with Crippen LogP contribution >= 0.6 is 0 Å². The summed E-state index contributed by atoms with van der Waals surface area (Å²) in [4.78, 5) is 15.2. The molecule has 0 radical (unpaired) electrons. The minimum atomic E-state index is 0.0421. The van der Waals surface area contributed by atoms with Crippen molar-refractivity contribution in [1.82, 2.24) is 14.6 Å². The third-order valence-corrected chi connectivity index (χ3v) is 1.97. The van der Waals surface area contributed by atoms with E-state index < -0.39 is 0 Å². The van der Waals surface area contributed by atoms with Crippen LogP contribution in [0.25, 0.3) is 5.65 Å². The molecule has 0 spiro atoms. The van der Waals surface area contributed by atoms with Crippen molar-refractivity contribution in [2.75, 3.05) is 0 Å². The van der Waals surface area contributed by atoms with Crippen molar-refractivity contribution in [3.05, 3.63) is 29.7 Å². The first-order valence-electron chi connectivity index (χ1n) is 3.99. The minimum Gasteiger partial charge on any atom is -0.294 e. The number of pyridine rings is 1. The van der Waals surface area contributed by atoms with E-state index in [2.05, 4.69) is 10.1 Å². The average molecular weight is 175 g/mol. The van der Waals surface area contributed by atoms with Crippen LogP contribution in [0.4, 0.5) is 0 Å². The second-order valence-corrected chi connectivity index (χ2v) is 3.00. The molecule has 0 aliphatic heterocycles. The van der Waals surface area contributed by atoms with E-state index in [-0.39, 0.29) is 5.78 Å². The zero-order valence-corrected chi connectivity index (χ0v) is 7.48. The van der Waals surface area contributed by atoms with Crippen LogP contribution in [-0.2, 0) is 0 Å². The summed E-state index contributed by atoms with van der Waals surface area (Å²) < 4.78 is 1.62. The van der Waals surface area contributed by atoms with Crippen LogP contribution in [0.2, 0.25) is 0 Å². The molecule has 0 aliphatic rings. The first-order valence-corrected chi connectivity index (χ1v) is 3.99.